The molecule has 0 bridgehead atoms. The van der Waals surface area contributed by atoms with Gasteiger partial charge in [0, 0.05) is 30.2 Å². The summed E-state index contributed by atoms with van der Waals surface area (Å²) in [5.74, 6) is 0.525. The largest absolute Gasteiger partial charge is 0.335 e. The summed E-state index contributed by atoms with van der Waals surface area (Å²) in [5, 5.41) is 5.82. The number of amides is 2. The molecule has 0 aliphatic heterocycles. The lowest BCUT2D eigenvalue weighted by molar-refractivity contribution is 0.248. The predicted molar refractivity (Wildman–Crippen MR) is 97.2 cm³/mol. The Labute approximate surface area is 145 Å². The standard InChI is InChI=1S/C19H19N5O/c25-19(22-15-3-1-2-4-15)24-18-6-5-16-17(23-18)11-14(12-21-16)13-7-9-20-10-8-13/h5-12,15H,1-4H2,(H2,22,23,24,25). The fourth-order valence-corrected chi connectivity index (χ4v) is 3.19. The van der Waals surface area contributed by atoms with Gasteiger partial charge in [0.1, 0.15) is 5.82 Å². The van der Waals surface area contributed by atoms with Crippen molar-refractivity contribution in [2.75, 3.05) is 5.32 Å². The third-order valence-electron chi connectivity index (χ3n) is 4.48. The smallest absolute Gasteiger partial charge is 0.320 e. The summed E-state index contributed by atoms with van der Waals surface area (Å²) in [7, 11) is 0. The molecule has 1 aliphatic carbocycles. The number of fused-ring (bicyclic) bond motifs is 1. The Morgan fingerprint density at radius 3 is 2.60 bits per heavy atom. The molecule has 0 radical (unpaired) electrons. The van der Waals surface area contributed by atoms with Crippen LogP contribution < -0.4 is 10.6 Å². The van der Waals surface area contributed by atoms with E-state index < -0.39 is 0 Å². The number of rotatable bonds is 3. The van der Waals surface area contributed by atoms with Gasteiger partial charge in [0.15, 0.2) is 0 Å². The van der Waals surface area contributed by atoms with Crippen molar-refractivity contribution in [2.45, 2.75) is 31.7 Å². The third-order valence-corrected chi connectivity index (χ3v) is 4.48. The summed E-state index contributed by atoms with van der Waals surface area (Å²) in [6.45, 7) is 0. The van der Waals surface area contributed by atoms with Gasteiger partial charge in [-0.05, 0) is 48.7 Å². The van der Waals surface area contributed by atoms with Gasteiger partial charge in [-0.15, -0.1) is 0 Å². The molecule has 126 valence electrons. The molecule has 2 amide bonds. The number of pyridine rings is 3. The second-order valence-electron chi connectivity index (χ2n) is 6.27. The minimum Gasteiger partial charge on any atom is -0.335 e. The molecule has 2 N–H and O–H groups in total. The van der Waals surface area contributed by atoms with E-state index in [-0.39, 0.29) is 12.1 Å². The Bertz CT molecular complexity index is 891. The molecule has 0 spiro atoms. The highest BCUT2D eigenvalue weighted by Gasteiger charge is 2.17. The number of carbonyl (C=O) groups excluding carboxylic acids is 1. The second-order valence-corrected chi connectivity index (χ2v) is 6.27. The molecule has 1 saturated carbocycles. The lowest BCUT2D eigenvalue weighted by Crippen LogP contribution is -2.36. The van der Waals surface area contributed by atoms with Crippen LogP contribution in [0.25, 0.3) is 22.2 Å². The molecule has 3 aromatic heterocycles. The van der Waals surface area contributed by atoms with E-state index in [0.29, 0.717) is 5.82 Å². The number of aromatic nitrogens is 3. The number of hydrogen-bond donors (Lipinski definition) is 2. The number of carbonyl (C=O) groups is 1. The molecule has 0 saturated heterocycles. The minimum absolute atomic E-state index is 0.197. The molecule has 1 aliphatic rings. The number of hydrogen-bond acceptors (Lipinski definition) is 4. The van der Waals surface area contributed by atoms with E-state index in [1.165, 1.54) is 12.8 Å². The van der Waals surface area contributed by atoms with Crippen LogP contribution in [0.4, 0.5) is 10.6 Å². The SMILES string of the molecule is O=C(Nc1ccc2ncc(-c3ccncc3)cc2n1)NC1CCCC1. The number of nitrogens with one attached hydrogen (secondary N) is 2. The van der Waals surface area contributed by atoms with Crippen LogP contribution in [0.5, 0.6) is 0 Å². The van der Waals surface area contributed by atoms with E-state index in [9.17, 15) is 4.79 Å². The lowest BCUT2D eigenvalue weighted by atomic mass is 10.1. The van der Waals surface area contributed by atoms with Crippen molar-refractivity contribution in [3.8, 4) is 11.1 Å². The van der Waals surface area contributed by atoms with Crippen molar-refractivity contribution in [2.24, 2.45) is 0 Å². The molecule has 3 aromatic rings. The van der Waals surface area contributed by atoms with Gasteiger partial charge in [-0.25, -0.2) is 9.78 Å². The Hall–Kier alpha value is -3.02. The summed E-state index contributed by atoms with van der Waals surface area (Å²) < 4.78 is 0. The average Bonchev–Trinajstić information content (AvgIpc) is 3.14. The first-order chi connectivity index (χ1) is 12.3. The first-order valence-corrected chi connectivity index (χ1v) is 8.53. The van der Waals surface area contributed by atoms with Crippen LogP contribution in [-0.4, -0.2) is 27.0 Å². The monoisotopic (exact) mass is 333 g/mol. The van der Waals surface area contributed by atoms with Gasteiger partial charge in [-0.3, -0.25) is 15.3 Å². The predicted octanol–water partition coefficient (Wildman–Crippen LogP) is 3.76. The maximum Gasteiger partial charge on any atom is 0.320 e. The normalized spacial score (nSPS) is 14.6. The zero-order chi connectivity index (χ0) is 17.1. The highest BCUT2D eigenvalue weighted by Crippen LogP contribution is 2.22. The lowest BCUT2D eigenvalue weighted by Gasteiger charge is -2.12. The van der Waals surface area contributed by atoms with Crippen LogP contribution in [0.15, 0.2) is 48.9 Å². The topological polar surface area (TPSA) is 79.8 Å². The Morgan fingerprint density at radius 1 is 1.00 bits per heavy atom. The van der Waals surface area contributed by atoms with Crippen molar-refractivity contribution >= 4 is 22.9 Å². The van der Waals surface area contributed by atoms with Crippen molar-refractivity contribution < 1.29 is 4.79 Å². The molecular formula is C19H19N5O. The fraction of sp³-hybridized carbons (Fsp3) is 0.263. The molecule has 6 nitrogen and oxygen atoms in total. The van der Waals surface area contributed by atoms with Gasteiger partial charge < -0.3 is 5.32 Å². The molecule has 0 unspecified atom stereocenters. The Kier molecular flexibility index (Phi) is 4.24. The molecule has 6 heteroatoms. The molecule has 25 heavy (non-hydrogen) atoms. The fourth-order valence-electron chi connectivity index (χ4n) is 3.19. The maximum absolute atomic E-state index is 12.1. The van der Waals surface area contributed by atoms with Crippen LogP contribution in [0.3, 0.4) is 0 Å². The maximum atomic E-state index is 12.1. The molecular weight excluding hydrogens is 314 g/mol. The van der Waals surface area contributed by atoms with E-state index in [2.05, 4.69) is 25.6 Å². The summed E-state index contributed by atoms with van der Waals surface area (Å²) >= 11 is 0. The summed E-state index contributed by atoms with van der Waals surface area (Å²) in [6.07, 6.45) is 9.79. The van der Waals surface area contributed by atoms with Crippen LogP contribution in [0, 0.1) is 0 Å². The zero-order valence-electron chi connectivity index (χ0n) is 13.8. The van der Waals surface area contributed by atoms with Gasteiger partial charge in [-0.2, -0.15) is 0 Å². The summed E-state index contributed by atoms with van der Waals surface area (Å²) in [5.41, 5.74) is 3.53. The molecule has 0 aromatic carbocycles. The van der Waals surface area contributed by atoms with Crippen LogP contribution in [0.2, 0.25) is 0 Å². The van der Waals surface area contributed by atoms with Gasteiger partial charge in [-0.1, -0.05) is 12.8 Å². The van der Waals surface area contributed by atoms with E-state index in [0.717, 1.165) is 35.0 Å². The average molecular weight is 333 g/mol. The van der Waals surface area contributed by atoms with Crippen molar-refractivity contribution in [3.63, 3.8) is 0 Å². The van der Waals surface area contributed by atoms with Crippen molar-refractivity contribution in [3.05, 3.63) is 48.9 Å². The van der Waals surface area contributed by atoms with E-state index in [1.807, 2.05) is 30.5 Å². The molecule has 4 rings (SSSR count). The van der Waals surface area contributed by atoms with E-state index in [4.69, 9.17) is 0 Å². The summed E-state index contributed by atoms with van der Waals surface area (Å²) in [4.78, 5) is 25.1. The van der Waals surface area contributed by atoms with Gasteiger partial charge >= 0.3 is 6.03 Å². The molecule has 0 atom stereocenters. The Balaban J connectivity index is 1.55. The van der Waals surface area contributed by atoms with E-state index >= 15 is 0 Å². The first kappa shape index (κ1) is 15.5. The van der Waals surface area contributed by atoms with E-state index in [1.54, 1.807) is 18.5 Å². The van der Waals surface area contributed by atoms with Crippen LogP contribution in [-0.2, 0) is 0 Å². The van der Waals surface area contributed by atoms with Crippen molar-refractivity contribution in [1.29, 1.82) is 0 Å². The third kappa shape index (κ3) is 3.57. The molecule has 3 heterocycles. The quantitative estimate of drug-likeness (QED) is 0.765. The first-order valence-electron chi connectivity index (χ1n) is 8.53. The van der Waals surface area contributed by atoms with Gasteiger partial charge in [0.25, 0.3) is 0 Å². The van der Waals surface area contributed by atoms with Gasteiger partial charge in [0.05, 0.1) is 11.0 Å². The highest BCUT2D eigenvalue weighted by atomic mass is 16.2. The summed E-state index contributed by atoms with van der Waals surface area (Å²) in [6, 6.07) is 9.55. The molecule has 1 fully saturated rings. The number of urea groups is 1. The number of nitrogens with zero attached hydrogens (tertiary/aromatic N) is 3. The van der Waals surface area contributed by atoms with Gasteiger partial charge in [0.2, 0.25) is 0 Å². The minimum atomic E-state index is -0.197. The second kappa shape index (κ2) is 6.84. The number of anilines is 1. The Morgan fingerprint density at radius 2 is 1.80 bits per heavy atom. The van der Waals surface area contributed by atoms with Crippen molar-refractivity contribution in [1.82, 2.24) is 20.3 Å². The highest BCUT2D eigenvalue weighted by molar-refractivity contribution is 5.90. The van der Waals surface area contributed by atoms with Crippen LogP contribution in [0.1, 0.15) is 25.7 Å². The zero-order valence-corrected chi connectivity index (χ0v) is 13.8. The van der Waals surface area contributed by atoms with Crippen LogP contribution >= 0.6 is 0 Å².